The van der Waals surface area contributed by atoms with E-state index in [-0.39, 0.29) is 22.1 Å². The third-order valence-corrected chi connectivity index (χ3v) is 3.20. The minimum absolute atomic E-state index is 0.0161. The molecule has 0 bridgehead atoms. The van der Waals surface area contributed by atoms with Gasteiger partial charge in [-0.1, -0.05) is 0 Å². The third-order valence-electron chi connectivity index (χ3n) is 3.20. The summed E-state index contributed by atoms with van der Waals surface area (Å²) in [5.41, 5.74) is -1.68. The van der Waals surface area contributed by atoms with Crippen LogP contribution >= 0.6 is 0 Å². The van der Waals surface area contributed by atoms with Gasteiger partial charge in [0, 0.05) is 6.07 Å². The van der Waals surface area contributed by atoms with Crippen molar-refractivity contribution in [3.8, 4) is 0 Å². The molecule has 11 heteroatoms. The molecule has 0 atom stereocenters. The lowest BCUT2D eigenvalue weighted by atomic mass is 10.0. The summed E-state index contributed by atoms with van der Waals surface area (Å²) >= 11 is 0. The fraction of sp³-hybridized carbons (Fsp3) is 0. The molecule has 1 aliphatic heterocycles. The average Bonchev–Trinajstić information content (AvgIpc) is 2.47. The maximum Gasteiger partial charge on any atom is 0.302 e. The van der Waals surface area contributed by atoms with Crippen LogP contribution in [0.15, 0.2) is 23.2 Å². The van der Waals surface area contributed by atoms with Crippen molar-refractivity contribution in [1.82, 2.24) is 0 Å². The van der Waals surface area contributed by atoms with E-state index in [1.54, 1.807) is 0 Å². The molecule has 2 aromatic rings. The molecule has 2 aromatic carbocycles. The second-order valence-electron chi connectivity index (χ2n) is 4.32. The quantitative estimate of drug-likeness (QED) is 0.674. The van der Waals surface area contributed by atoms with Crippen molar-refractivity contribution >= 4 is 45.5 Å². The van der Waals surface area contributed by atoms with E-state index in [4.69, 9.17) is 0 Å². The Balaban J connectivity index is 2.61. The van der Waals surface area contributed by atoms with Crippen LogP contribution in [-0.2, 0) is 0 Å². The van der Waals surface area contributed by atoms with E-state index < -0.39 is 31.8 Å². The standard InChI is InChI=1S/C11H5N5O6/c17-14(18)6-2-1-5-9-10(6)7(15(19)20)3-8(16(21)22)11(9)13-4-12-5/h1-4H,(H,12,13). The Morgan fingerprint density at radius 1 is 0.864 bits per heavy atom. The van der Waals surface area contributed by atoms with Gasteiger partial charge in [-0.15, -0.1) is 0 Å². The molecule has 1 aliphatic rings. The molecule has 0 spiro atoms. The van der Waals surface area contributed by atoms with Gasteiger partial charge in [-0.3, -0.25) is 30.3 Å². The van der Waals surface area contributed by atoms with Gasteiger partial charge in [0.15, 0.2) is 5.69 Å². The van der Waals surface area contributed by atoms with E-state index in [1.165, 1.54) is 12.4 Å². The Morgan fingerprint density at radius 3 is 2.09 bits per heavy atom. The average molecular weight is 303 g/mol. The number of anilines is 1. The van der Waals surface area contributed by atoms with Crippen LogP contribution in [0.5, 0.6) is 0 Å². The molecule has 0 saturated carbocycles. The minimum Gasteiger partial charge on any atom is -0.346 e. The van der Waals surface area contributed by atoms with Gasteiger partial charge in [0.2, 0.25) is 0 Å². The first-order valence-electron chi connectivity index (χ1n) is 5.77. The van der Waals surface area contributed by atoms with Crippen LogP contribution in [0.1, 0.15) is 0 Å². The van der Waals surface area contributed by atoms with E-state index in [0.29, 0.717) is 6.07 Å². The number of hydrogen-bond donors (Lipinski definition) is 1. The van der Waals surface area contributed by atoms with Gasteiger partial charge in [0.05, 0.1) is 38.2 Å². The number of nitro benzene ring substituents is 3. The molecule has 1 N–H and O–H groups in total. The predicted octanol–water partition coefficient (Wildman–Crippen LogP) is 2.65. The number of nitrogens with one attached hydrogen (secondary N) is 1. The molecule has 0 fully saturated rings. The van der Waals surface area contributed by atoms with Gasteiger partial charge >= 0.3 is 5.69 Å². The Kier molecular flexibility index (Phi) is 2.70. The summed E-state index contributed by atoms with van der Waals surface area (Å²) in [6.45, 7) is 0. The number of hydrogen-bond acceptors (Lipinski definition) is 8. The van der Waals surface area contributed by atoms with E-state index in [9.17, 15) is 30.3 Å². The normalized spacial score (nSPS) is 12.0. The molecule has 0 saturated heterocycles. The molecule has 0 amide bonds. The smallest absolute Gasteiger partial charge is 0.302 e. The number of rotatable bonds is 3. The Labute approximate surface area is 120 Å². The zero-order valence-corrected chi connectivity index (χ0v) is 10.5. The summed E-state index contributed by atoms with van der Waals surface area (Å²) in [4.78, 5) is 34.8. The SMILES string of the molecule is O=[N+]([O-])c1cc([N+](=O)[O-])c2c([N+](=O)[O-])ccc3c2c1N=CN3. The van der Waals surface area contributed by atoms with Gasteiger partial charge in [-0.05, 0) is 6.07 Å². The molecular weight excluding hydrogens is 298 g/mol. The first-order valence-corrected chi connectivity index (χ1v) is 5.77. The molecular formula is C11H5N5O6. The molecule has 1 heterocycles. The van der Waals surface area contributed by atoms with Gasteiger partial charge in [-0.2, -0.15) is 0 Å². The molecule has 0 radical (unpaired) electrons. The maximum absolute atomic E-state index is 11.2. The Hall–Kier alpha value is -3.63. The summed E-state index contributed by atoms with van der Waals surface area (Å²) in [5.74, 6) is 0. The van der Waals surface area contributed by atoms with Crippen molar-refractivity contribution in [3.05, 3.63) is 48.5 Å². The van der Waals surface area contributed by atoms with Gasteiger partial charge in [0.1, 0.15) is 5.39 Å². The molecule has 0 aromatic heterocycles. The summed E-state index contributed by atoms with van der Waals surface area (Å²) in [6.07, 6.45) is 1.18. The fourth-order valence-electron chi connectivity index (χ4n) is 2.35. The van der Waals surface area contributed by atoms with Crippen LogP contribution in [0.4, 0.5) is 28.4 Å². The molecule has 22 heavy (non-hydrogen) atoms. The largest absolute Gasteiger partial charge is 0.346 e. The molecule has 11 nitrogen and oxygen atoms in total. The van der Waals surface area contributed by atoms with Crippen LogP contribution in [0, 0.1) is 30.3 Å². The van der Waals surface area contributed by atoms with Crippen molar-refractivity contribution in [2.24, 2.45) is 4.99 Å². The van der Waals surface area contributed by atoms with Crippen LogP contribution in [-0.4, -0.2) is 21.1 Å². The van der Waals surface area contributed by atoms with Crippen molar-refractivity contribution in [3.63, 3.8) is 0 Å². The number of non-ortho nitro benzene ring substituents is 2. The lowest BCUT2D eigenvalue weighted by Gasteiger charge is -2.13. The fourth-order valence-corrected chi connectivity index (χ4v) is 2.35. The zero-order chi connectivity index (χ0) is 16.0. The second kappa shape index (κ2) is 4.44. The maximum atomic E-state index is 11.2. The highest BCUT2D eigenvalue weighted by Gasteiger charge is 2.33. The second-order valence-corrected chi connectivity index (χ2v) is 4.32. The van der Waals surface area contributed by atoms with Crippen molar-refractivity contribution < 1.29 is 14.8 Å². The van der Waals surface area contributed by atoms with Crippen molar-refractivity contribution in [2.75, 3.05) is 5.32 Å². The highest BCUT2D eigenvalue weighted by molar-refractivity contribution is 6.17. The molecule has 0 unspecified atom stereocenters. The number of aliphatic imine (C=N–C) groups is 1. The van der Waals surface area contributed by atoms with Gasteiger partial charge < -0.3 is 5.32 Å². The lowest BCUT2D eigenvalue weighted by molar-refractivity contribution is -0.395. The first-order chi connectivity index (χ1) is 10.4. The number of benzene rings is 2. The lowest BCUT2D eigenvalue weighted by Crippen LogP contribution is -2.05. The van der Waals surface area contributed by atoms with E-state index >= 15 is 0 Å². The number of nitro groups is 3. The van der Waals surface area contributed by atoms with E-state index in [1.807, 2.05) is 0 Å². The Morgan fingerprint density at radius 2 is 1.50 bits per heavy atom. The zero-order valence-electron chi connectivity index (χ0n) is 10.5. The molecule has 0 aliphatic carbocycles. The summed E-state index contributed by atoms with van der Waals surface area (Å²) in [7, 11) is 0. The van der Waals surface area contributed by atoms with Crippen LogP contribution < -0.4 is 5.32 Å². The molecule has 110 valence electrons. The number of nitrogens with zero attached hydrogens (tertiary/aromatic N) is 4. The van der Waals surface area contributed by atoms with Crippen LogP contribution in [0.2, 0.25) is 0 Å². The van der Waals surface area contributed by atoms with Crippen molar-refractivity contribution in [1.29, 1.82) is 0 Å². The first kappa shape index (κ1) is 13.4. The predicted molar refractivity (Wildman–Crippen MR) is 75.7 cm³/mol. The third kappa shape index (κ3) is 1.72. The topological polar surface area (TPSA) is 154 Å². The highest BCUT2D eigenvalue weighted by atomic mass is 16.6. The van der Waals surface area contributed by atoms with E-state index in [2.05, 4.69) is 10.3 Å². The summed E-state index contributed by atoms with van der Waals surface area (Å²) in [5, 5.41) is 35.8. The van der Waals surface area contributed by atoms with Crippen LogP contribution in [0.25, 0.3) is 10.8 Å². The highest BCUT2D eigenvalue weighted by Crippen LogP contribution is 2.48. The minimum atomic E-state index is -0.888. The molecule has 3 rings (SSSR count). The van der Waals surface area contributed by atoms with Gasteiger partial charge in [-0.25, -0.2) is 4.99 Å². The van der Waals surface area contributed by atoms with Crippen LogP contribution in [0.3, 0.4) is 0 Å². The van der Waals surface area contributed by atoms with Crippen molar-refractivity contribution in [2.45, 2.75) is 0 Å². The summed E-state index contributed by atoms with van der Waals surface area (Å²) in [6, 6.07) is 3.12. The van der Waals surface area contributed by atoms with E-state index in [0.717, 1.165) is 6.07 Å². The van der Waals surface area contributed by atoms with Gasteiger partial charge in [0.25, 0.3) is 11.4 Å². The summed E-state index contributed by atoms with van der Waals surface area (Å²) < 4.78 is 0. The Bertz CT molecular complexity index is 906. The monoisotopic (exact) mass is 303 g/mol.